The molecule has 8 rings (SSSR count). The first-order valence-corrected chi connectivity index (χ1v) is 14.2. The molecule has 1 aromatic carbocycles. The summed E-state index contributed by atoms with van der Waals surface area (Å²) in [4.78, 5) is 37.0. The first-order chi connectivity index (χ1) is 17.3. The summed E-state index contributed by atoms with van der Waals surface area (Å²) in [5.74, 6) is 2.05. The normalized spacial score (nSPS) is 41.6. The van der Waals surface area contributed by atoms with E-state index in [1.54, 1.807) is 0 Å². The van der Waals surface area contributed by atoms with Gasteiger partial charge in [-0.05, 0) is 107 Å². The van der Waals surface area contributed by atoms with Crippen LogP contribution < -0.4 is 10.1 Å². The van der Waals surface area contributed by atoms with E-state index in [1.807, 2.05) is 26.0 Å². The summed E-state index contributed by atoms with van der Waals surface area (Å²) in [6.45, 7) is 3.64. The van der Waals surface area contributed by atoms with Gasteiger partial charge in [-0.15, -0.1) is 0 Å². The fraction of sp³-hybridized carbons (Fsp3) is 0.759. The van der Waals surface area contributed by atoms with E-state index < -0.39 is 17.2 Å². The number of hydrogen-bond acceptors (Lipinski definition) is 6. The molecule has 36 heavy (non-hydrogen) atoms. The lowest BCUT2D eigenvalue weighted by molar-refractivity contribution is -0.680. The van der Waals surface area contributed by atoms with Crippen molar-refractivity contribution >= 4 is 5.91 Å². The molecule has 0 aromatic heterocycles. The zero-order valence-corrected chi connectivity index (χ0v) is 21.5. The molecule has 1 aromatic rings. The second kappa shape index (κ2) is 8.42. The Balaban J connectivity index is 0.940. The molecule has 4 bridgehead atoms. The van der Waals surface area contributed by atoms with Crippen molar-refractivity contribution in [1.29, 1.82) is 0 Å². The van der Waals surface area contributed by atoms with Crippen molar-refractivity contribution in [3.8, 4) is 5.75 Å². The smallest absolute Gasteiger partial charge is 0.263 e. The second-order valence-electron chi connectivity index (χ2n) is 13.0. The lowest BCUT2D eigenvalue weighted by Gasteiger charge is -2.60. The highest BCUT2D eigenvalue weighted by Gasteiger charge is 2.64. The van der Waals surface area contributed by atoms with Crippen LogP contribution in [-0.4, -0.2) is 29.1 Å². The number of ether oxygens (including phenoxy) is 1. The first-order valence-electron chi connectivity index (χ1n) is 14.2. The minimum absolute atomic E-state index is 0.0565. The van der Waals surface area contributed by atoms with Gasteiger partial charge in [0.2, 0.25) is 11.6 Å². The molecule has 7 heteroatoms. The molecule has 0 radical (unpaired) electrons. The van der Waals surface area contributed by atoms with E-state index in [2.05, 4.69) is 17.4 Å². The molecule has 7 nitrogen and oxygen atoms in total. The summed E-state index contributed by atoms with van der Waals surface area (Å²) in [7, 11) is 0. The number of hydrogen-bond donors (Lipinski definition) is 1. The first kappa shape index (κ1) is 23.4. The van der Waals surface area contributed by atoms with E-state index in [0.29, 0.717) is 29.5 Å². The fourth-order valence-electron chi connectivity index (χ4n) is 7.72. The van der Waals surface area contributed by atoms with Crippen LogP contribution in [0.5, 0.6) is 5.75 Å². The summed E-state index contributed by atoms with van der Waals surface area (Å²) in [5.41, 5.74) is 0.374. The molecule has 0 unspecified atom stereocenters. The number of carbonyl (C=O) groups is 1. The van der Waals surface area contributed by atoms with E-state index >= 15 is 0 Å². The Bertz CT molecular complexity index is 954. The summed E-state index contributed by atoms with van der Waals surface area (Å²) in [6.07, 6.45) is 11.6. The maximum absolute atomic E-state index is 12.5. The molecular weight excluding hydrogens is 458 g/mol. The van der Waals surface area contributed by atoms with Crippen molar-refractivity contribution in [3.05, 3.63) is 29.8 Å². The molecule has 6 aliphatic carbocycles. The molecule has 1 aliphatic heterocycles. The van der Waals surface area contributed by atoms with Crippen molar-refractivity contribution in [2.45, 2.75) is 114 Å². The monoisotopic (exact) mass is 497 g/mol. The molecule has 2 spiro atoms. The Morgan fingerprint density at radius 1 is 0.861 bits per heavy atom. The highest BCUT2D eigenvalue weighted by molar-refractivity contribution is 5.85. The number of amides is 1. The largest absolute Gasteiger partial charge is 0.478 e. The van der Waals surface area contributed by atoms with E-state index in [1.165, 1.54) is 37.7 Å². The molecular formula is C29H39NO6. The predicted octanol–water partition coefficient (Wildman–Crippen LogP) is 5.54. The highest BCUT2D eigenvalue weighted by Crippen LogP contribution is 2.62. The Kier molecular flexibility index (Phi) is 5.48. The standard InChI is InChI=1S/C29H39NO6/c1-27(2,26(31)30-24-5-6-24)32-25-7-3-20(4-8-25)21-9-11-28(12-10-21)33-35-29(36-34-28)22-14-18-13-19(16-22)17-23(29)15-18/h3-4,7-8,18-19,21-24H,5-6,9-17H2,1-2H3,(H,30,31). The third kappa shape index (κ3) is 4.07. The van der Waals surface area contributed by atoms with Gasteiger partial charge in [0, 0.05) is 30.7 Å². The van der Waals surface area contributed by atoms with Crippen molar-refractivity contribution in [2.75, 3.05) is 0 Å². The van der Waals surface area contributed by atoms with Gasteiger partial charge >= 0.3 is 0 Å². The minimum atomic E-state index is -0.897. The van der Waals surface area contributed by atoms with Crippen molar-refractivity contribution in [1.82, 2.24) is 5.32 Å². The van der Waals surface area contributed by atoms with Gasteiger partial charge in [-0.25, -0.2) is 0 Å². The maximum Gasteiger partial charge on any atom is 0.263 e. The van der Waals surface area contributed by atoms with Crippen LogP contribution in [0, 0.1) is 23.7 Å². The molecule has 7 aliphatic rings. The average Bonchev–Trinajstić information content (AvgIpc) is 3.68. The van der Waals surface area contributed by atoms with Gasteiger partial charge in [0.1, 0.15) is 5.75 Å². The highest BCUT2D eigenvalue weighted by atomic mass is 17.4. The number of rotatable bonds is 5. The summed E-state index contributed by atoms with van der Waals surface area (Å²) in [6, 6.07) is 8.51. The maximum atomic E-state index is 12.5. The van der Waals surface area contributed by atoms with Gasteiger partial charge in [0.15, 0.2) is 5.60 Å². The Morgan fingerprint density at radius 2 is 1.44 bits per heavy atom. The van der Waals surface area contributed by atoms with Gasteiger partial charge < -0.3 is 10.1 Å². The van der Waals surface area contributed by atoms with Gasteiger partial charge in [0.25, 0.3) is 5.91 Å². The second-order valence-corrected chi connectivity index (χ2v) is 13.0. The predicted molar refractivity (Wildman–Crippen MR) is 130 cm³/mol. The van der Waals surface area contributed by atoms with Gasteiger partial charge in [0.05, 0.1) is 0 Å². The average molecular weight is 498 g/mol. The van der Waals surface area contributed by atoms with Crippen LogP contribution in [0.1, 0.15) is 96.0 Å². The zero-order chi connectivity index (χ0) is 24.5. The van der Waals surface area contributed by atoms with Gasteiger partial charge in [-0.3, -0.25) is 4.79 Å². The Morgan fingerprint density at radius 3 is 2.00 bits per heavy atom. The van der Waals surface area contributed by atoms with Crippen LogP contribution in [0.15, 0.2) is 24.3 Å². The molecule has 196 valence electrons. The molecule has 1 saturated heterocycles. The molecule has 1 amide bonds. The molecule has 1 heterocycles. The quantitative estimate of drug-likeness (QED) is 0.539. The number of benzene rings is 1. The van der Waals surface area contributed by atoms with Crippen molar-refractivity contribution < 1.29 is 29.1 Å². The van der Waals surface area contributed by atoms with Gasteiger partial charge in [-0.1, -0.05) is 12.1 Å². The lowest BCUT2D eigenvalue weighted by atomic mass is 9.53. The number of carbonyl (C=O) groups excluding carboxylic acids is 1. The van der Waals surface area contributed by atoms with E-state index in [9.17, 15) is 4.79 Å². The van der Waals surface area contributed by atoms with Crippen molar-refractivity contribution in [3.63, 3.8) is 0 Å². The van der Waals surface area contributed by atoms with E-state index in [0.717, 1.165) is 50.4 Å². The van der Waals surface area contributed by atoms with Crippen LogP contribution >= 0.6 is 0 Å². The Hall–Kier alpha value is -1.67. The summed E-state index contributed by atoms with van der Waals surface area (Å²) < 4.78 is 6.03. The van der Waals surface area contributed by atoms with Crippen LogP contribution in [0.3, 0.4) is 0 Å². The van der Waals surface area contributed by atoms with Crippen LogP contribution in [0.2, 0.25) is 0 Å². The topological polar surface area (TPSA) is 75.2 Å². The zero-order valence-electron chi connectivity index (χ0n) is 21.5. The molecule has 6 saturated carbocycles. The van der Waals surface area contributed by atoms with E-state index in [-0.39, 0.29) is 5.91 Å². The lowest BCUT2D eigenvalue weighted by Crippen LogP contribution is -2.64. The van der Waals surface area contributed by atoms with Crippen LogP contribution in [-0.2, 0) is 24.3 Å². The van der Waals surface area contributed by atoms with Crippen LogP contribution in [0.25, 0.3) is 0 Å². The minimum Gasteiger partial charge on any atom is -0.478 e. The van der Waals surface area contributed by atoms with E-state index in [4.69, 9.17) is 24.3 Å². The third-order valence-corrected chi connectivity index (χ3v) is 9.86. The van der Waals surface area contributed by atoms with Crippen LogP contribution in [0.4, 0.5) is 0 Å². The van der Waals surface area contributed by atoms with Gasteiger partial charge in [-0.2, -0.15) is 19.6 Å². The SMILES string of the molecule is CC(C)(Oc1ccc(C2CCC3(CC2)OOC2(OO3)C3CC4CC(C3)CC2C4)cc1)C(=O)NC1CC1. The molecule has 0 atom stereocenters. The summed E-state index contributed by atoms with van der Waals surface area (Å²) >= 11 is 0. The summed E-state index contributed by atoms with van der Waals surface area (Å²) in [5, 5.41) is 3.03. The fourth-order valence-corrected chi connectivity index (χ4v) is 7.72. The third-order valence-electron chi connectivity index (χ3n) is 9.86. The Labute approximate surface area is 213 Å². The van der Waals surface area contributed by atoms with Crippen molar-refractivity contribution in [2.24, 2.45) is 23.7 Å². The molecule has 7 fully saturated rings. The molecule has 1 N–H and O–H groups in total. The number of nitrogens with one attached hydrogen (secondary N) is 1.